The number of hydrogen-bond donors (Lipinski definition) is 0. The first-order valence-corrected chi connectivity index (χ1v) is 11.0. The summed E-state index contributed by atoms with van der Waals surface area (Å²) in [5.41, 5.74) is 0.387. The van der Waals surface area contributed by atoms with Crippen LogP contribution < -0.4 is 9.47 Å². The van der Waals surface area contributed by atoms with E-state index in [-0.39, 0.29) is 49.5 Å². The number of rotatable bonds is 7. The predicted molar refractivity (Wildman–Crippen MR) is 109 cm³/mol. The van der Waals surface area contributed by atoms with Crippen LogP contribution >= 0.6 is 0 Å². The molecule has 10 nitrogen and oxygen atoms in total. The fourth-order valence-corrected chi connectivity index (χ4v) is 4.48. The van der Waals surface area contributed by atoms with Crippen molar-refractivity contribution in [2.24, 2.45) is 0 Å². The Morgan fingerprint density at radius 3 is 2.16 bits per heavy atom. The largest absolute Gasteiger partial charge is 0.497 e. The van der Waals surface area contributed by atoms with Crippen molar-refractivity contribution in [2.45, 2.75) is 12.0 Å². The number of ether oxygens (including phenoxy) is 3. The van der Waals surface area contributed by atoms with Gasteiger partial charge in [-0.25, -0.2) is 13.2 Å². The van der Waals surface area contributed by atoms with Gasteiger partial charge in [-0.05, 0) is 31.2 Å². The van der Waals surface area contributed by atoms with Crippen molar-refractivity contribution in [1.82, 2.24) is 9.21 Å². The van der Waals surface area contributed by atoms with Crippen molar-refractivity contribution >= 4 is 21.9 Å². The van der Waals surface area contributed by atoms with Crippen molar-refractivity contribution in [1.29, 1.82) is 0 Å². The number of hydrogen-bond acceptors (Lipinski definition) is 8. The second kappa shape index (κ2) is 9.40. The molecule has 11 heteroatoms. The molecule has 1 saturated heterocycles. The zero-order chi connectivity index (χ0) is 22.6. The monoisotopic (exact) mass is 452 g/mol. The van der Waals surface area contributed by atoms with Crippen LogP contribution in [-0.4, -0.2) is 76.5 Å². The van der Waals surface area contributed by atoms with E-state index in [0.717, 1.165) is 0 Å². The highest BCUT2D eigenvalue weighted by Crippen LogP contribution is 2.25. The summed E-state index contributed by atoms with van der Waals surface area (Å²) in [5.74, 6) is -0.190. The molecule has 0 spiro atoms. The third kappa shape index (κ3) is 4.83. The smallest absolute Gasteiger partial charge is 0.374 e. The number of benzene rings is 1. The number of piperazine rings is 1. The molecule has 1 aliphatic heterocycles. The zero-order valence-electron chi connectivity index (χ0n) is 17.5. The van der Waals surface area contributed by atoms with E-state index in [0.29, 0.717) is 17.1 Å². The first-order valence-electron chi connectivity index (χ1n) is 9.59. The van der Waals surface area contributed by atoms with Crippen molar-refractivity contribution in [3.63, 3.8) is 0 Å². The molecule has 0 bridgehead atoms. The zero-order valence-corrected chi connectivity index (χ0v) is 18.3. The highest BCUT2D eigenvalue weighted by Gasteiger charge is 2.33. The van der Waals surface area contributed by atoms with Crippen LogP contribution in [0.25, 0.3) is 0 Å². The van der Waals surface area contributed by atoms with Gasteiger partial charge < -0.3 is 23.5 Å². The molecule has 3 rings (SSSR count). The third-order valence-electron chi connectivity index (χ3n) is 4.78. The Labute approximate surface area is 180 Å². The van der Waals surface area contributed by atoms with E-state index in [1.54, 1.807) is 30.0 Å². The molecule has 168 valence electrons. The lowest BCUT2D eigenvalue weighted by molar-refractivity contribution is 0.0483. The lowest BCUT2D eigenvalue weighted by atomic mass is 10.1. The number of methoxy groups -OCH3 is 2. The molecule has 1 fully saturated rings. The number of esters is 1. The van der Waals surface area contributed by atoms with E-state index >= 15 is 0 Å². The topological polar surface area (TPSA) is 116 Å². The summed E-state index contributed by atoms with van der Waals surface area (Å²) in [5, 5.41) is -0.340. The number of nitrogens with zero attached hydrogens (tertiary/aromatic N) is 2. The predicted octanol–water partition coefficient (Wildman–Crippen LogP) is 1.62. The van der Waals surface area contributed by atoms with Gasteiger partial charge in [-0.1, -0.05) is 0 Å². The molecule has 0 unspecified atom stereocenters. The minimum atomic E-state index is -3.94. The van der Waals surface area contributed by atoms with Crippen molar-refractivity contribution < 1.29 is 36.6 Å². The second-order valence-electron chi connectivity index (χ2n) is 6.64. The van der Waals surface area contributed by atoms with Crippen LogP contribution in [0.3, 0.4) is 0 Å². The molecule has 1 aromatic carbocycles. The fraction of sp³-hybridized carbons (Fsp3) is 0.400. The van der Waals surface area contributed by atoms with E-state index in [1.165, 1.54) is 30.7 Å². The Bertz CT molecular complexity index is 1030. The number of amides is 1. The maximum atomic E-state index is 12.9. The number of furan rings is 1. The normalized spacial score (nSPS) is 14.9. The highest BCUT2D eigenvalue weighted by molar-refractivity contribution is 7.89. The Morgan fingerprint density at radius 2 is 1.61 bits per heavy atom. The molecule has 31 heavy (non-hydrogen) atoms. The van der Waals surface area contributed by atoms with Gasteiger partial charge in [-0.3, -0.25) is 4.79 Å². The van der Waals surface area contributed by atoms with Crippen LogP contribution in [0.4, 0.5) is 0 Å². The van der Waals surface area contributed by atoms with Gasteiger partial charge in [0.25, 0.3) is 15.9 Å². The summed E-state index contributed by atoms with van der Waals surface area (Å²) < 4.78 is 47.3. The van der Waals surface area contributed by atoms with Gasteiger partial charge in [0.2, 0.25) is 10.9 Å². The quantitative estimate of drug-likeness (QED) is 0.582. The summed E-state index contributed by atoms with van der Waals surface area (Å²) in [6.45, 7) is 2.36. The van der Waals surface area contributed by atoms with Gasteiger partial charge in [0.15, 0.2) is 0 Å². The van der Waals surface area contributed by atoms with E-state index in [2.05, 4.69) is 0 Å². The van der Waals surface area contributed by atoms with E-state index in [1.807, 2.05) is 0 Å². The van der Waals surface area contributed by atoms with Crippen molar-refractivity contribution in [3.8, 4) is 11.5 Å². The Hall–Kier alpha value is -3.05. The SMILES string of the molecule is CCOC(=O)c1ccc(S(=O)(=O)N2CCN(C(=O)c3cc(OC)cc(OC)c3)CC2)o1. The molecule has 1 aliphatic rings. The third-order valence-corrected chi connectivity index (χ3v) is 6.55. The van der Waals surface area contributed by atoms with Crippen LogP contribution in [0.5, 0.6) is 11.5 Å². The highest BCUT2D eigenvalue weighted by atomic mass is 32.2. The maximum Gasteiger partial charge on any atom is 0.374 e. The van der Waals surface area contributed by atoms with Gasteiger partial charge in [0, 0.05) is 37.8 Å². The van der Waals surface area contributed by atoms with Crippen LogP contribution in [0.1, 0.15) is 27.8 Å². The van der Waals surface area contributed by atoms with E-state index < -0.39 is 16.0 Å². The number of carbonyl (C=O) groups is 2. The molecular weight excluding hydrogens is 428 g/mol. The minimum Gasteiger partial charge on any atom is -0.497 e. The molecule has 2 aromatic rings. The molecule has 0 aliphatic carbocycles. The van der Waals surface area contributed by atoms with Crippen molar-refractivity contribution in [3.05, 3.63) is 41.7 Å². The summed E-state index contributed by atoms with van der Waals surface area (Å²) in [6, 6.07) is 7.36. The molecule has 2 heterocycles. The first-order chi connectivity index (χ1) is 14.8. The van der Waals surface area contributed by atoms with E-state index in [4.69, 9.17) is 18.6 Å². The van der Waals surface area contributed by atoms with Crippen LogP contribution in [0.2, 0.25) is 0 Å². The van der Waals surface area contributed by atoms with Crippen molar-refractivity contribution in [2.75, 3.05) is 47.0 Å². The number of carbonyl (C=O) groups excluding carboxylic acids is 2. The first kappa shape index (κ1) is 22.6. The van der Waals surface area contributed by atoms with Crippen LogP contribution in [0, 0.1) is 0 Å². The van der Waals surface area contributed by atoms with Crippen LogP contribution in [0.15, 0.2) is 39.8 Å². The molecular formula is C20H24N2O8S. The molecule has 1 amide bonds. The Kier molecular flexibility index (Phi) is 6.86. The molecule has 0 saturated carbocycles. The van der Waals surface area contributed by atoms with Gasteiger partial charge in [0.1, 0.15) is 11.5 Å². The number of sulfonamides is 1. The summed E-state index contributed by atoms with van der Waals surface area (Å²) >= 11 is 0. The van der Waals surface area contributed by atoms with E-state index in [9.17, 15) is 18.0 Å². The molecule has 0 radical (unpaired) electrons. The standard InChI is InChI=1S/C20H24N2O8S/c1-4-29-20(24)17-5-6-18(30-17)31(25,26)22-9-7-21(8-10-22)19(23)14-11-15(27-2)13-16(12-14)28-3/h5-6,11-13H,4,7-10H2,1-3H3. The summed E-state index contributed by atoms with van der Waals surface area (Å²) in [4.78, 5) is 26.2. The van der Waals surface area contributed by atoms with Gasteiger partial charge in [-0.2, -0.15) is 4.31 Å². The van der Waals surface area contributed by atoms with Gasteiger partial charge in [-0.15, -0.1) is 0 Å². The average Bonchev–Trinajstić information content (AvgIpc) is 3.30. The molecule has 0 N–H and O–H groups in total. The summed E-state index contributed by atoms with van der Waals surface area (Å²) in [6.07, 6.45) is 0. The molecule has 0 atom stereocenters. The summed E-state index contributed by atoms with van der Waals surface area (Å²) in [7, 11) is -0.954. The fourth-order valence-electron chi connectivity index (χ4n) is 3.14. The lowest BCUT2D eigenvalue weighted by Gasteiger charge is -2.33. The maximum absolute atomic E-state index is 12.9. The average molecular weight is 452 g/mol. The van der Waals surface area contributed by atoms with Gasteiger partial charge in [0.05, 0.1) is 20.8 Å². The lowest BCUT2D eigenvalue weighted by Crippen LogP contribution is -2.50. The Balaban J connectivity index is 1.69. The minimum absolute atomic E-state index is 0.0879. The van der Waals surface area contributed by atoms with Crippen LogP contribution in [-0.2, 0) is 14.8 Å². The molecule has 1 aromatic heterocycles. The van der Waals surface area contributed by atoms with Gasteiger partial charge >= 0.3 is 5.97 Å². The Morgan fingerprint density at radius 1 is 1.00 bits per heavy atom. The second-order valence-corrected chi connectivity index (χ2v) is 8.51.